The maximum Gasteiger partial charge on any atom is 0.328 e. The van der Waals surface area contributed by atoms with Crippen LogP contribution < -0.4 is 0 Å². The van der Waals surface area contributed by atoms with E-state index >= 15 is 0 Å². The number of hydrogen-bond acceptors (Lipinski definition) is 3. The molecule has 0 bridgehead atoms. The molecule has 1 heterocycles. The molecule has 0 unspecified atom stereocenters. The van der Waals surface area contributed by atoms with Gasteiger partial charge in [0, 0.05) is 0 Å². The summed E-state index contributed by atoms with van der Waals surface area (Å²) >= 11 is 0. The van der Waals surface area contributed by atoms with Crippen LogP contribution in [0.25, 0.3) is 11.0 Å². The molecule has 1 aromatic heterocycles. The molecule has 0 spiro atoms. The van der Waals surface area contributed by atoms with Crippen LogP contribution >= 0.6 is 0 Å². The lowest BCUT2D eigenvalue weighted by Gasteiger charge is -2.05. The van der Waals surface area contributed by atoms with E-state index in [4.69, 9.17) is 5.11 Å². The third kappa shape index (κ3) is 1.22. The number of aromatic nitrogens is 3. The Balaban J connectivity index is 2.58. The number of hydrogen-bond donors (Lipinski definition) is 1. The number of para-hydroxylation sites is 1. The summed E-state index contributed by atoms with van der Waals surface area (Å²) < 4.78 is 1.40. The molecule has 0 aliphatic carbocycles. The molecule has 0 aliphatic heterocycles. The predicted molar refractivity (Wildman–Crippen MR) is 49.9 cm³/mol. The molecule has 0 aliphatic rings. The van der Waals surface area contributed by atoms with Crippen LogP contribution in [-0.4, -0.2) is 26.1 Å². The minimum Gasteiger partial charge on any atom is -0.480 e. The van der Waals surface area contributed by atoms with Gasteiger partial charge in [0.1, 0.15) is 11.6 Å². The Morgan fingerprint density at radius 2 is 2.21 bits per heavy atom. The second-order valence-corrected chi connectivity index (χ2v) is 3.04. The fraction of sp³-hybridized carbons (Fsp3) is 0.222. The topological polar surface area (TPSA) is 68.0 Å². The number of carboxylic acid groups (broad SMARTS) is 1. The minimum absolute atomic E-state index is 0.692. The van der Waals surface area contributed by atoms with Crippen LogP contribution in [0.1, 0.15) is 13.0 Å². The highest BCUT2D eigenvalue weighted by molar-refractivity contribution is 5.78. The summed E-state index contributed by atoms with van der Waals surface area (Å²) in [6.45, 7) is 1.57. The van der Waals surface area contributed by atoms with Crippen molar-refractivity contribution >= 4 is 17.0 Å². The molecule has 5 nitrogen and oxygen atoms in total. The zero-order valence-electron chi connectivity index (χ0n) is 7.58. The molecular weight excluding hydrogens is 182 g/mol. The van der Waals surface area contributed by atoms with Gasteiger partial charge in [0.15, 0.2) is 0 Å². The smallest absolute Gasteiger partial charge is 0.328 e. The second-order valence-electron chi connectivity index (χ2n) is 3.04. The van der Waals surface area contributed by atoms with E-state index in [9.17, 15) is 4.79 Å². The lowest BCUT2D eigenvalue weighted by atomic mass is 10.3. The highest BCUT2D eigenvalue weighted by Gasteiger charge is 2.16. The van der Waals surface area contributed by atoms with E-state index in [0.29, 0.717) is 5.52 Å². The van der Waals surface area contributed by atoms with Crippen molar-refractivity contribution in [3.63, 3.8) is 0 Å². The highest BCUT2D eigenvalue weighted by atomic mass is 16.4. The van der Waals surface area contributed by atoms with Crippen molar-refractivity contribution in [1.82, 2.24) is 15.0 Å². The summed E-state index contributed by atoms with van der Waals surface area (Å²) in [6, 6.07) is 6.58. The van der Waals surface area contributed by atoms with Crippen LogP contribution in [0.5, 0.6) is 0 Å². The molecule has 0 fully saturated rings. The first-order valence-corrected chi connectivity index (χ1v) is 4.23. The van der Waals surface area contributed by atoms with Gasteiger partial charge in [-0.05, 0) is 19.1 Å². The van der Waals surface area contributed by atoms with E-state index < -0.39 is 12.0 Å². The Morgan fingerprint density at radius 3 is 2.93 bits per heavy atom. The number of carbonyl (C=O) groups is 1. The van der Waals surface area contributed by atoms with Crippen LogP contribution in [0, 0.1) is 0 Å². The maximum atomic E-state index is 10.8. The molecule has 1 N–H and O–H groups in total. The lowest BCUT2D eigenvalue weighted by Crippen LogP contribution is -2.16. The first-order valence-electron chi connectivity index (χ1n) is 4.23. The molecule has 0 saturated heterocycles. The van der Waals surface area contributed by atoms with Crippen LogP contribution in [0.2, 0.25) is 0 Å². The molecule has 14 heavy (non-hydrogen) atoms. The average molecular weight is 191 g/mol. The monoisotopic (exact) mass is 191 g/mol. The van der Waals surface area contributed by atoms with E-state index in [-0.39, 0.29) is 0 Å². The Bertz CT molecular complexity index is 478. The summed E-state index contributed by atoms with van der Waals surface area (Å²) in [5, 5.41) is 16.5. The largest absolute Gasteiger partial charge is 0.480 e. The van der Waals surface area contributed by atoms with Gasteiger partial charge in [0.25, 0.3) is 0 Å². The molecule has 72 valence electrons. The Labute approximate surface area is 80.0 Å². The van der Waals surface area contributed by atoms with E-state index in [2.05, 4.69) is 10.3 Å². The van der Waals surface area contributed by atoms with Gasteiger partial charge in [-0.2, -0.15) is 0 Å². The molecule has 1 aromatic carbocycles. The number of carboxylic acids is 1. The van der Waals surface area contributed by atoms with Gasteiger partial charge in [0.05, 0.1) is 5.52 Å². The van der Waals surface area contributed by atoms with Crippen molar-refractivity contribution in [3.05, 3.63) is 24.3 Å². The first kappa shape index (κ1) is 8.68. The SMILES string of the molecule is C[C@H](C(=O)O)n1nnc2ccccc21. The van der Waals surface area contributed by atoms with Crippen LogP contribution in [0.15, 0.2) is 24.3 Å². The fourth-order valence-corrected chi connectivity index (χ4v) is 1.28. The molecule has 0 amide bonds. The van der Waals surface area contributed by atoms with Crippen LogP contribution in [0.3, 0.4) is 0 Å². The number of nitrogens with zero attached hydrogens (tertiary/aromatic N) is 3. The van der Waals surface area contributed by atoms with E-state index in [1.54, 1.807) is 19.1 Å². The Morgan fingerprint density at radius 1 is 1.50 bits per heavy atom. The molecule has 2 rings (SSSR count). The Kier molecular flexibility index (Phi) is 1.92. The predicted octanol–water partition coefficient (Wildman–Crippen LogP) is 1.08. The summed E-state index contributed by atoms with van der Waals surface area (Å²) in [7, 11) is 0. The average Bonchev–Trinajstić information content (AvgIpc) is 2.60. The Hall–Kier alpha value is -1.91. The molecule has 5 heteroatoms. The fourth-order valence-electron chi connectivity index (χ4n) is 1.28. The summed E-state index contributed by atoms with van der Waals surface area (Å²) in [6.07, 6.45) is 0. The van der Waals surface area contributed by atoms with Crippen molar-refractivity contribution < 1.29 is 9.90 Å². The second kappa shape index (κ2) is 3.10. The van der Waals surface area contributed by atoms with Gasteiger partial charge in [-0.1, -0.05) is 17.3 Å². The van der Waals surface area contributed by atoms with Gasteiger partial charge in [0.2, 0.25) is 0 Å². The minimum atomic E-state index is -0.916. The normalized spacial score (nSPS) is 12.9. The van der Waals surface area contributed by atoms with Gasteiger partial charge in [-0.25, -0.2) is 9.48 Å². The van der Waals surface area contributed by atoms with Crippen molar-refractivity contribution in [2.24, 2.45) is 0 Å². The van der Waals surface area contributed by atoms with E-state index in [1.807, 2.05) is 12.1 Å². The number of rotatable bonds is 2. The lowest BCUT2D eigenvalue weighted by molar-refractivity contribution is -0.140. The molecular formula is C9H9N3O2. The summed E-state index contributed by atoms with van der Waals surface area (Å²) in [4.78, 5) is 10.8. The molecule has 2 aromatic rings. The van der Waals surface area contributed by atoms with E-state index in [0.717, 1.165) is 5.52 Å². The zero-order valence-corrected chi connectivity index (χ0v) is 7.58. The van der Waals surface area contributed by atoms with Crippen molar-refractivity contribution in [1.29, 1.82) is 0 Å². The van der Waals surface area contributed by atoms with Crippen molar-refractivity contribution in [3.8, 4) is 0 Å². The molecule has 1 atom stereocenters. The van der Waals surface area contributed by atoms with Crippen LogP contribution in [-0.2, 0) is 4.79 Å². The highest BCUT2D eigenvalue weighted by Crippen LogP contribution is 2.14. The maximum absolute atomic E-state index is 10.8. The third-order valence-electron chi connectivity index (χ3n) is 2.10. The third-order valence-corrected chi connectivity index (χ3v) is 2.10. The van der Waals surface area contributed by atoms with Gasteiger partial charge in [-0.3, -0.25) is 0 Å². The van der Waals surface area contributed by atoms with Crippen molar-refractivity contribution in [2.75, 3.05) is 0 Å². The van der Waals surface area contributed by atoms with E-state index in [1.165, 1.54) is 4.68 Å². The number of fused-ring (bicyclic) bond motifs is 1. The number of aliphatic carboxylic acids is 1. The summed E-state index contributed by atoms with van der Waals surface area (Å²) in [5.41, 5.74) is 1.45. The molecule has 0 radical (unpaired) electrons. The first-order chi connectivity index (χ1) is 6.70. The summed E-state index contributed by atoms with van der Waals surface area (Å²) in [5.74, 6) is -0.916. The standard InChI is InChI=1S/C9H9N3O2/c1-6(9(13)14)12-8-5-3-2-4-7(8)10-11-12/h2-6H,1H3,(H,13,14)/t6-/m1/s1. The quantitative estimate of drug-likeness (QED) is 0.771. The van der Waals surface area contributed by atoms with Gasteiger partial charge in [-0.15, -0.1) is 5.10 Å². The number of benzene rings is 1. The van der Waals surface area contributed by atoms with Crippen LogP contribution in [0.4, 0.5) is 0 Å². The zero-order chi connectivity index (χ0) is 10.1. The van der Waals surface area contributed by atoms with Crippen molar-refractivity contribution in [2.45, 2.75) is 13.0 Å². The molecule has 0 saturated carbocycles. The van der Waals surface area contributed by atoms with Gasteiger partial charge >= 0.3 is 5.97 Å². The van der Waals surface area contributed by atoms with Gasteiger partial charge < -0.3 is 5.11 Å².